The van der Waals surface area contributed by atoms with Gasteiger partial charge in [-0.15, -0.1) is 0 Å². The SMILES string of the molecule is CCC(C)NC(=O)COc1cc(Br)ccc1[C@H](C)O. The Balaban J connectivity index is 2.66. The van der Waals surface area contributed by atoms with E-state index < -0.39 is 6.10 Å². The molecule has 4 nitrogen and oxygen atoms in total. The summed E-state index contributed by atoms with van der Waals surface area (Å²) < 4.78 is 6.33. The van der Waals surface area contributed by atoms with Crippen LogP contribution in [0.1, 0.15) is 38.9 Å². The van der Waals surface area contributed by atoms with Crippen LogP contribution in [0.4, 0.5) is 0 Å². The Morgan fingerprint density at radius 3 is 2.74 bits per heavy atom. The molecule has 0 saturated heterocycles. The van der Waals surface area contributed by atoms with Crippen LogP contribution in [-0.4, -0.2) is 23.7 Å². The van der Waals surface area contributed by atoms with Crippen molar-refractivity contribution in [2.24, 2.45) is 0 Å². The van der Waals surface area contributed by atoms with Crippen molar-refractivity contribution < 1.29 is 14.6 Å². The molecule has 1 unspecified atom stereocenters. The number of hydrogen-bond donors (Lipinski definition) is 2. The number of halogens is 1. The average molecular weight is 330 g/mol. The molecule has 1 rings (SSSR count). The maximum absolute atomic E-state index is 11.6. The minimum Gasteiger partial charge on any atom is -0.483 e. The first-order valence-electron chi connectivity index (χ1n) is 6.33. The van der Waals surface area contributed by atoms with Crippen LogP contribution in [0.3, 0.4) is 0 Å². The van der Waals surface area contributed by atoms with E-state index >= 15 is 0 Å². The molecule has 2 N–H and O–H groups in total. The molecule has 0 heterocycles. The molecule has 2 atom stereocenters. The van der Waals surface area contributed by atoms with Gasteiger partial charge in [-0.3, -0.25) is 4.79 Å². The van der Waals surface area contributed by atoms with Crippen LogP contribution >= 0.6 is 15.9 Å². The van der Waals surface area contributed by atoms with Gasteiger partial charge in [0.05, 0.1) is 6.10 Å². The van der Waals surface area contributed by atoms with Gasteiger partial charge >= 0.3 is 0 Å². The van der Waals surface area contributed by atoms with Gasteiger partial charge in [-0.2, -0.15) is 0 Å². The van der Waals surface area contributed by atoms with Crippen molar-refractivity contribution in [3.63, 3.8) is 0 Å². The number of carbonyl (C=O) groups is 1. The zero-order chi connectivity index (χ0) is 14.4. The summed E-state index contributed by atoms with van der Waals surface area (Å²) in [5, 5.41) is 12.5. The molecule has 0 saturated carbocycles. The van der Waals surface area contributed by atoms with Gasteiger partial charge in [-0.25, -0.2) is 0 Å². The van der Waals surface area contributed by atoms with Crippen LogP contribution < -0.4 is 10.1 Å². The van der Waals surface area contributed by atoms with Crippen molar-refractivity contribution in [1.29, 1.82) is 0 Å². The van der Waals surface area contributed by atoms with Crippen LogP contribution in [0.25, 0.3) is 0 Å². The fraction of sp³-hybridized carbons (Fsp3) is 0.500. The summed E-state index contributed by atoms with van der Waals surface area (Å²) in [7, 11) is 0. The number of hydrogen-bond acceptors (Lipinski definition) is 3. The summed E-state index contributed by atoms with van der Waals surface area (Å²) >= 11 is 3.34. The quantitative estimate of drug-likeness (QED) is 0.843. The zero-order valence-corrected chi connectivity index (χ0v) is 13.0. The summed E-state index contributed by atoms with van der Waals surface area (Å²) in [4.78, 5) is 11.6. The van der Waals surface area contributed by atoms with E-state index in [0.29, 0.717) is 11.3 Å². The summed E-state index contributed by atoms with van der Waals surface area (Å²) in [5.41, 5.74) is 0.666. The Bertz CT molecular complexity index is 435. The smallest absolute Gasteiger partial charge is 0.258 e. The molecule has 1 aromatic rings. The third-order valence-corrected chi connectivity index (χ3v) is 3.30. The molecule has 1 amide bonds. The van der Waals surface area contributed by atoms with Crippen molar-refractivity contribution >= 4 is 21.8 Å². The van der Waals surface area contributed by atoms with Crippen LogP contribution in [-0.2, 0) is 4.79 Å². The minimum atomic E-state index is -0.638. The lowest BCUT2D eigenvalue weighted by Gasteiger charge is -2.15. The molecular weight excluding hydrogens is 310 g/mol. The molecule has 106 valence electrons. The van der Waals surface area contributed by atoms with Gasteiger partial charge in [-0.05, 0) is 32.4 Å². The molecule has 0 radical (unpaired) electrons. The highest BCUT2D eigenvalue weighted by atomic mass is 79.9. The number of carbonyl (C=O) groups excluding carboxylic acids is 1. The molecule has 0 aliphatic carbocycles. The Morgan fingerprint density at radius 1 is 1.47 bits per heavy atom. The number of rotatable bonds is 6. The molecule has 19 heavy (non-hydrogen) atoms. The monoisotopic (exact) mass is 329 g/mol. The first-order chi connectivity index (χ1) is 8.93. The van der Waals surface area contributed by atoms with E-state index in [1.165, 1.54) is 0 Å². The summed E-state index contributed by atoms with van der Waals surface area (Å²) in [6.07, 6.45) is 0.238. The Kier molecular flexibility index (Phi) is 6.31. The first kappa shape index (κ1) is 16.0. The van der Waals surface area contributed by atoms with Crippen molar-refractivity contribution in [3.8, 4) is 5.75 Å². The number of ether oxygens (including phenoxy) is 1. The van der Waals surface area contributed by atoms with Gasteiger partial charge in [0.15, 0.2) is 6.61 Å². The summed E-state index contributed by atoms with van der Waals surface area (Å²) in [6, 6.07) is 5.48. The molecule has 5 heteroatoms. The van der Waals surface area contributed by atoms with Gasteiger partial charge in [0.2, 0.25) is 0 Å². The Morgan fingerprint density at radius 2 is 2.16 bits per heavy atom. The Hall–Kier alpha value is -1.07. The van der Waals surface area contributed by atoms with E-state index in [1.807, 2.05) is 19.9 Å². The van der Waals surface area contributed by atoms with Gasteiger partial charge in [0.25, 0.3) is 5.91 Å². The predicted octanol–water partition coefficient (Wildman–Crippen LogP) is 2.80. The van der Waals surface area contributed by atoms with Crippen molar-refractivity contribution in [3.05, 3.63) is 28.2 Å². The number of aliphatic hydroxyl groups excluding tert-OH is 1. The molecule has 0 aliphatic heterocycles. The van der Waals surface area contributed by atoms with Crippen molar-refractivity contribution in [2.45, 2.75) is 39.3 Å². The van der Waals surface area contributed by atoms with E-state index in [1.54, 1.807) is 19.1 Å². The van der Waals surface area contributed by atoms with E-state index in [4.69, 9.17) is 4.74 Å². The third-order valence-electron chi connectivity index (χ3n) is 2.80. The number of aliphatic hydroxyl groups is 1. The summed E-state index contributed by atoms with van der Waals surface area (Å²) in [5.74, 6) is 0.356. The van der Waals surface area contributed by atoms with E-state index in [-0.39, 0.29) is 18.6 Å². The van der Waals surface area contributed by atoms with Gasteiger partial charge in [0.1, 0.15) is 5.75 Å². The van der Waals surface area contributed by atoms with Crippen LogP contribution in [0, 0.1) is 0 Å². The number of benzene rings is 1. The highest BCUT2D eigenvalue weighted by Gasteiger charge is 2.12. The molecule has 1 aromatic carbocycles. The second kappa shape index (κ2) is 7.50. The summed E-state index contributed by atoms with van der Waals surface area (Å²) in [6.45, 7) is 5.56. The van der Waals surface area contributed by atoms with E-state index in [0.717, 1.165) is 10.9 Å². The number of amides is 1. The lowest BCUT2D eigenvalue weighted by atomic mass is 10.1. The topological polar surface area (TPSA) is 58.6 Å². The fourth-order valence-corrected chi connectivity index (χ4v) is 1.88. The Labute approximate surface area is 122 Å². The van der Waals surface area contributed by atoms with E-state index in [9.17, 15) is 9.90 Å². The molecular formula is C14H20BrNO3. The van der Waals surface area contributed by atoms with Gasteiger partial charge in [-0.1, -0.05) is 28.9 Å². The van der Waals surface area contributed by atoms with Crippen LogP contribution in [0.15, 0.2) is 22.7 Å². The number of nitrogens with one attached hydrogen (secondary N) is 1. The fourth-order valence-electron chi connectivity index (χ4n) is 1.54. The highest BCUT2D eigenvalue weighted by Crippen LogP contribution is 2.28. The molecule has 0 bridgehead atoms. The molecule has 0 aliphatic rings. The third kappa shape index (κ3) is 5.20. The van der Waals surface area contributed by atoms with Crippen molar-refractivity contribution in [1.82, 2.24) is 5.32 Å². The molecule has 0 fully saturated rings. The van der Waals surface area contributed by atoms with Crippen LogP contribution in [0.2, 0.25) is 0 Å². The van der Waals surface area contributed by atoms with Crippen LogP contribution in [0.5, 0.6) is 5.75 Å². The maximum atomic E-state index is 11.6. The highest BCUT2D eigenvalue weighted by molar-refractivity contribution is 9.10. The molecule has 0 spiro atoms. The largest absolute Gasteiger partial charge is 0.483 e. The molecule has 0 aromatic heterocycles. The van der Waals surface area contributed by atoms with Gasteiger partial charge < -0.3 is 15.2 Å². The first-order valence-corrected chi connectivity index (χ1v) is 7.13. The van der Waals surface area contributed by atoms with Gasteiger partial charge in [0, 0.05) is 16.1 Å². The average Bonchev–Trinajstić information content (AvgIpc) is 2.35. The lowest BCUT2D eigenvalue weighted by Crippen LogP contribution is -2.35. The van der Waals surface area contributed by atoms with E-state index in [2.05, 4.69) is 21.2 Å². The minimum absolute atomic E-state index is 0.0550. The second-order valence-corrected chi connectivity index (χ2v) is 5.44. The van der Waals surface area contributed by atoms with Crippen molar-refractivity contribution in [2.75, 3.05) is 6.61 Å². The normalized spacial score (nSPS) is 13.7. The lowest BCUT2D eigenvalue weighted by molar-refractivity contribution is -0.123. The zero-order valence-electron chi connectivity index (χ0n) is 11.4. The second-order valence-electron chi connectivity index (χ2n) is 4.52. The maximum Gasteiger partial charge on any atom is 0.258 e. The standard InChI is InChI=1S/C14H20BrNO3/c1-4-9(2)16-14(18)8-19-13-7-11(15)5-6-12(13)10(3)17/h5-7,9-10,17H,4,8H2,1-3H3,(H,16,18)/t9?,10-/m0/s1. The predicted molar refractivity (Wildman–Crippen MR) is 78.2 cm³/mol.